The molecule has 0 saturated carbocycles. The van der Waals surface area contributed by atoms with E-state index in [0.717, 1.165) is 6.08 Å². The molecule has 1 heterocycles. The summed E-state index contributed by atoms with van der Waals surface area (Å²) in [6, 6.07) is 5.35. The molecule has 0 saturated heterocycles. The van der Waals surface area contributed by atoms with Crippen LogP contribution in [0.4, 0.5) is 0 Å². The molecule has 0 N–H and O–H groups in total. The van der Waals surface area contributed by atoms with Gasteiger partial charge in [0.15, 0.2) is 0 Å². The molecule has 0 spiro atoms. The fourth-order valence-corrected chi connectivity index (χ4v) is 0.780. The normalized spacial score (nSPS) is 9.14. The van der Waals surface area contributed by atoms with Gasteiger partial charge in [-0.2, -0.15) is 0 Å². The lowest BCUT2D eigenvalue weighted by Gasteiger charge is -2.04. The molecule has 74 valence electrons. The van der Waals surface area contributed by atoms with E-state index in [2.05, 4.69) is 11.6 Å². The van der Waals surface area contributed by atoms with Gasteiger partial charge in [0.25, 0.3) is 0 Å². The van der Waals surface area contributed by atoms with Crippen molar-refractivity contribution >= 4 is 5.97 Å². The number of rotatable bonds is 5. The summed E-state index contributed by atoms with van der Waals surface area (Å²) in [5.74, 6) is 0.0665. The van der Waals surface area contributed by atoms with Gasteiger partial charge in [-0.15, -0.1) is 0 Å². The van der Waals surface area contributed by atoms with Gasteiger partial charge in [-0.25, -0.2) is 9.78 Å². The van der Waals surface area contributed by atoms with Crippen LogP contribution < -0.4 is 4.74 Å². The van der Waals surface area contributed by atoms with Crippen LogP contribution in [0.2, 0.25) is 0 Å². The first-order chi connectivity index (χ1) is 6.83. The Kier molecular flexibility index (Phi) is 4.20. The fraction of sp³-hybridized carbons (Fsp3) is 0.200. The molecule has 0 radical (unpaired) electrons. The zero-order chi connectivity index (χ0) is 10.2. The van der Waals surface area contributed by atoms with E-state index in [-0.39, 0.29) is 13.2 Å². The Bertz CT molecular complexity index is 297. The van der Waals surface area contributed by atoms with Crippen molar-refractivity contribution in [3.05, 3.63) is 37.1 Å². The van der Waals surface area contributed by atoms with Crippen LogP contribution >= 0.6 is 0 Å². The van der Waals surface area contributed by atoms with Gasteiger partial charge in [0.1, 0.15) is 13.2 Å². The third-order valence-electron chi connectivity index (χ3n) is 1.38. The maximum atomic E-state index is 10.6. The number of ether oxygens (including phenoxy) is 2. The molecule has 0 aliphatic carbocycles. The zero-order valence-corrected chi connectivity index (χ0v) is 7.68. The largest absolute Gasteiger partial charge is 0.474 e. The SMILES string of the molecule is C=CC(=O)OCCOc1ccccn1. The average molecular weight is 193 g/mol. The zero-order valence-electron chi connectivity index (χ0n) is 7.68. The van der Waals surface area contributed by atoms with Gasteiger partial charge >= 0.3 is 5.97 Å². The van der Waals surface area contributed by atoms with E-state index in [0.29, 0.717) is 5.88 Å². The maximum Gasteiger partial charge on any atom is 0.330 e. The van der Waals surface area contributed by atoms with Gasteiger partial charge in [0, 0.05) is 18.3 Å². The van der Waals surface area contributed by atoms with Crippen molar-refractivity contribution in [2.45, 2.75) is 0 Å². The maximum absolute atomic E-state index is 10.6. The lowest BCUT2D eigenvalue weighted by atomic mass is 10.5. The third kappa shape index (κ3) is 3.71. The minimum atomic E-state index is -0.449. The van der Waals surface area contributed by atoms with Gasteiger partial charge in [-0.1, -0.05) is 12.6 Å². The van der Waals surface area contributed by atoms with Gasteiger partial charge < -0.3 is 9.47 Å². The Hall–Kier alpha value is -1.84. The summed E-state index contributed by atoms with van der Waals surface area (Å²) in [6.07, 6.45) is 2.74. The summed E-state index contributed by atoms with van der Waals surface area (Å²) in [7, 11) is 0. The molecule has 0 fully saturated rings. The molecule has 4 nitrogen and oxygen atoms in total. The van der Waals surface area contributed by atoms with Crippen molar-refractivity contribution in [3.63, 3.8) is 0 Å². The van der Waals surface area contributed by atoms with Gasteiger partial charge in [0.05, 0.1) is 0 Å². The highest BCUT2D eigenvalue weighted by Crippen LogP contribution is 2.02. The van der Waals surface area contributed by atoms with Crippen LogP contribution in [0.3, 0.4) is 0 Å². The summed E-state index contributed by atoms with van der Waals surface area (Å²) in [5, 5.41) is 0. The third-order valence-corrected chi connectivity index (χ3v) is 1.38. The number of hydrogen-bond donors (Lipinski definition) is 0. The number of pyridine rings is 1. The second-order valence-corrected chi connectivity index (χ2v) is 2.39. The highest BCUT2D eigenvalue weighted by atomic mass is 16.6. The lowest BCUT2D eigenvalue weighted by molar-refractivity contribution is -0.138. The molecular weight excluding hydrogens is 182 g/mol. The van der Waals surface area contributed by atoms with Crippen LogP contribution in [-0.2, 0) is 9.53 Å². The van der Waals surface area contributed by atoms with Crippen molar-refractivity contribution < 1.29 is 14.3 Å². The average Bonchev–Trinajstić information content (AvgIpc) is 2.25. The molecule has 14 heavy (non-hydrogen) atoms. The first-order valence-corrected chi connectivity index (χ1v) is 4.16. The predicted octanol–water partition coefficient (Wildman–Crippen LogP) is 1.19. The Labute approximate surface area is 82.2 Å². The van der Waals surface area contributed by atoms with E-state index in [1.54, 1.807) is 18.3 Å². The topological polar surface area (TPSA) is 48.4 Å². The van der Waals surface area contributed by atoms with E-state index < -0.39 is 5.97 Å². The molecule has 0 aliphatic heterocycles. The number of hydrogen-bond acceptors (Lipinski definition) is 4. The van der Waals surface area contributed by atoms with Crippen LogP contribution in [0.5, 0.6) is 5.88 Å². The van der Waals surface area contributed by atoms with Gasteiger partial charge in [-0.3, -0.25) is 0 Å². The molecule has 0 unspecified atom stereocenters. The second kappa shape index (κ2) is 5.75. The number of aromatic nitrogens is 1. The van der Waals surface area contributed by atoms with Crippen LogP contribution in [0, 0.1) is 0 Å². The summed E-state index contributed by atoms with van der Waals surface area (Å²) in [5.41, 5.74) is 0. The first-order valence-electron chi connectivity index (χ1n) is 4.16. The summed E-state index contributed by atoms with van der Waals surface area (Å²) in [4.78, 5) is 14.5. The highest BCUT2D eigenvalue weighted by molar-refractivity contribution is 5.81. The van der Waals surface area contributed by atoms with Crippen molar-refractivity contribution in [1.29, 1.82) is 0 Å². The molecule has 0 aromatic carbocycles. The van der Waals surface area contributed by atoms with E-state index in [4.69, 9.17) is 9.47 Å². The van der Waals surface area contributed by atoms with Crippen molar-refractivity contribution in [2.24, 2.45) is 0 Å². The summed E-state index contributed by atoms with van der Waals surface area (Å²) in [6.45, 7) is 3.75. The molecule has 1 aromatic rings. The Morgan fingerprint density at radius 3 is 3.00 bits per heavy atom. The van der Waals surface area contributed by atoms with Gasteiger partial charge in [0.2, 0.25) is 5.88 Å². The minimum Gasteiger partial charge on any atom is -0.474 e. The van der Waals surface area contributed by atoms with E-state index >= 15 is 0 Å². The summed E-state index contributed by atoms with van der Waals surface area (Å²) >= 11 is 0. The molecule has 0 aliphatic rings. The standard InChI is InChI=1S/C10H11NO3/c1-2-10(12)14-8-7-13-9-5-3-4-6-11-9/h2-6H,1,7-8H2. The molecule has 0 atom stereocenters. The first kappa shape index (κ1) is 10.2. The fourth-order valence-electron chi connectivity index (χ4n) is 0.780. The van der Waals surface area contributed by atoms with E-state index in [1.165, 1.54) is 0 Å². The quantitative estimate of drug-likeness (QED) is 0.400. The smallest absolute Gasteiger partial charge is 0.330 e. The van der Waals surface area contributed by atoms with Crippen molar-refractivity contribution in [2.75, 3.05) is 13.2 Å². The highest BCUT2D eigenvalue weighted by Gasteiger charge is 1.96. The minimum absolute atomic E-state index is 0.196. The summed E-state index contributed by atoms with van der Waals surface area (Å²) < 4.78 is 9.88. The second-order valence-electron chi connectivity index (χ2n) is 2.39. The van der Waals surface area contributed by atoms with Crippen molar-refractivity contribution in [3.8, 4) is 5.88 Å². The predicted molar refractivity (Wildman–Crippen MR) is 50.9 cm³/mol. The van der Waals surface area contributed by atoms with Crippen LogP contribution in [0.15, 0.2) is 37.1 Å². The molecule has 0 bridgehead atoms. The monoisotopic (exact) mass is 193 g/mol. The van der Waals surface area contributed by atoms with E-state index in [9.17, 15) is 4.79 Å². The Morgan fingerprint density at radius 2 is 2.36 bits per heavy atom. The van der Waals surface area contributed by atoms with E-state index in [1.807, 2.05) is 6.07 Å². The number of carbonyl (C=O) groups is 1. The molecule has 0 amide bonds. The Balaban J connectivity index is 2.16. The molecule has 4 heteroatoms. The Morgan fingerprint density at radius 1 is 1.50 bits per heavy atom. The van der Waals surface area contributed by atoms with Crippen molar-refractivity contribution in [1.82, 2.24) is 4.98 Å². The molecule has 1 aromatic heterocycles. The number of nitrogens with zero attached hydrogens (tertiary/aromatic N) is 1. The van der Waals surface area contributed by atoms with Crippen LogP contribution in [-0.4, -0.2) is 24.2 Å². The molecule has 1 rings (SSSR count). The molecular formula is C10H11NO3. The van der Waals surface area contributed by atoms with Crippen LogP contribution in [0.25, 0.3) is 0 Å². The number of esters is 1. The number of carbonyl (C=O) groups excluding carboxylic acids is 1. The lowest BCUT2D eigenvalue weighted by Crippen LogP contribution is -2.10. The van der Waals surface area contributed by atoms with Crippen LogP contribution in [0.1, 0.15) is 0 Å². The van der Waals surface area contributed by atoms with Gasteiger partial charge in [-0.05, 0) is 6.07 Å².